The van der Waals surface area contributed by atoms with Crippen molar-refractivity contribution in [2.75, 3.05) is 0 Å². The quantitative estimate of drug-likeness (QED) is 0.598. The van der Waals surface area contributed by atoms with E-state index in [1.807, 2.05) is 0 Å². The standard InChI is InChI=1S/C11H22O3/c1-9(11(13)14)7-5-3-4-6-8-10(2)12/h9-10,12H,3-8H2,1-2H3,(H,13,14)/p-1. The third-order valence-corrected chi connectivity index (χ3v) is 2.41. The Kier molecular flexibility index (Phi) is 7.48. The number of aliphatic carboxylic acids is 1. The molecule has 84 valence electrons. The van der Waals surface area contributed by atoms with Crippen LogP contribution in [-0.4, -0.2) is 17.2 Å². The van der Waals surface area contributed by atoms with Crippen LogP contribution in [0.1, 0.15) is 52.4 Å². The first kappa shape index (κ1) is 13.4. The van der Waals surface area contributed by atoms with E-state index in [1.165, 1.54) is 0 Å². The molecule has 0 fully saturated rings. The molecular weight excluding hydrogens is 180 g/mol. The number of aliphatic hydroxyl groups is 1. The van der Waals surface area contributed by atoms with Gasteiger partial charge in [0.15, 0.2) is 0 Å². The Labute approximate surface area is 86.1 Å². The molecule has 0 bridgehead atoms. The molecule has 0 radical (unpaired) electrons. The van der Waals surface area contributed by atoms with Gasteiger partial charge in [-0.25, -0.2) is 0 Å². The number of carboxylic acid groups (broad SMARTS) is 1. The first-order chi connectivity index (χ1) is 6.54. The molecule has 3 nitrogen and oxygen atoms in total. The Morgan fingerprint density at radius 3 is 2.07 bits per heavy atom. The second-order valence-corrected chi connectivity index (χ2v) is 4.06. The van der Waals surface area contributed by atoms with Crippen LogP contribution in [0, 0.1) is 5.92 Å². The highest BCUT2D eigenvalue weighted by Crippen LogP contribution is 2.11. The first-order valence-electron chi connectivity index (χ1n) is 5.43. The molecule has 14 heavy (non-hydrogen) atoms. The lowest BCUT2D eigenvalue weighted by molar-refractivity contribution is -0.311. The number of aliphatic hydroxyl groups excluding tert-OH is 1. The molecule has 0 saturated heterocycles. The van der Waals surface area contributed by atoms with Crippen molar-refractivity contribution in [2.24, 2.45) is 5.92 Å². The van der Waals surface area contributed by atoms with Gasteiger partial charge in [0.1, 0.15) is 0 Å². The summed E-state index contributed by atoms with van der Waals surface area (Å²) in [6, 6.07) is 0. The van der Waals surface area contributed by atoms with Crippen LogP contribution in [-0.2, 0) is 4.79 Å². The molecule has 2 atom stereocenters. The third-order valence-electron chi connectivity index (χ3n) is 2.41. The normalized spacial score (nSPS) is 15.1. The van der Waals surface area contributed by atoms with Gasteiger partial charge < -0.3 is 15.0 Å². The largest absolute Gasteiger partial charge is 0.550 e. The summed E-state index contributed by atoms with van der Waals surface area (Å²) in [5.74, 6) is -1.28. The van der Waals surface area contributed by atoms with E-state index in [1.54, 1.807) is 13.8 Å². The minimum atomic E-state index is -0.950. The van der Waals surface area contributed by atoms with E-state index in [0.29, 0.717) is 6.42 Å². The van der Waals surface area contributed by atoms with Crippen molar-refractivity contribution in [2.45, 2.75) is 58.5 Å². The van der Waals surface area contributed by atoms with Gasteiger partial charge in [0.05, 0.1) is 6.10 Å². The minimum absolute atomic E-state index is 0.211. The fourth-order valence-electron chi connectivity index (χ4n) is 1.36. The lowest BCUT2D eigenvalue weighted by Gasteiger charge is -2.11. The van der Waals surface area contributed by atoms with E-state index in [2.05, 4.69) is 0 Å². The number of unbranched alkanes of at least 4 members (excludes halogenated alkanes) is 3. The second-order valence-electron chi connectivity index (χ2n) is 4.06. The lowest BCUT2D eigenvalue weighted by atomic mass is 10.0. The van der Waals surface area contributed by atoms with Gasteiger partial charge in [0.25, 0.3) is 0 Å². The van der Waals surface area contributed by atoms with Crippen LogP contribution in [0.2, 0.25) is 0 Å². The van der Waals surface area contributed by atoms with Crippen molar-refractivity contribution in [1.82, 2.24) is 0 Å². The molecule has 0 aromatic carbocycles. The lowest BCUT2D eigenvalue weighted by Crippen LogP contribution is -2.29. The van der Waals surface area contributed by atoms with E-state index >= 15 is 0 Å². The summed E-state index contributed by atoms with van der Waals surface area (Å²) in [5.41, 5.74) is 0. The van der Waals surface area contributed by atoms with Gasteiger partial charge in [0.2, 0.25) is 0 Å². The monoisotopic (exact) mass is 201 g/mol. The van der Waals surface area contributed by atoms with Gasteiger partial charge in [-0.05, 0) is 25.7 Å². The fourth-order valence-corrected chi connectivity index (χ4v) is 1.36. The highest BCUT2D eigenvalue weighted by Gasteiger charge is 2.02. The van der Waals surface area contributed by atoms with Gasteiger partial charge in [-0.1, -0.05) is 32.6 Å². The molecule has 0 aliphatic rings. The number of carbonyl (C=O) groups excluding carboxylic acids is 1. The highest BCUT2D eigenvalue weighted by atomic mass is 16.4. The maximum absolute atomic E-state index is 10.4. The van der Waals surface area contributed by atoms with Crippen molar-refractivity contribution in [1.29, 1.82) is 0 Å². The second kappa shape index (κ2) is 7.80. The van der Waals surface area contributed by atoms with E-state index in [9.17, 15) is 9.90 Å². The Balaban J connectivity index is 3.17. The molecule has 0 aliphatic heterocycles. The number of hydrogen-bond acceptors (Lipinski definition) is 3. The van der Waals surface area contributed by atoms with E-state index < -0.39 is 5.97 Å². The molecule has 1 N–H and O–H groups in total. The van der Waals surface area contributed by atoms with Crippen molar-refractivity contribution >= 4 is 5.97 Å². The van der Waals surface area contributed by atoms with Gasteiger partial charge in [-0.15, -0.1) is 0 Å². The van der Waals surface area contributed by atoms with Gasteiger partial charge in [-0.3, -0.25) is 0 Å². The smallest absolute Gasteiger partial charge is 0.0512 e. The zero-order chi connectivity index (χ0) is 11.0. The van der Waals surface area contributed by atoms with Crippen molar-refractivity contribution in [3.63, 3.8) is 0 Å². The van der Waals surface area contributed by atoms with Crippen molar-refractivity contribution in [3.05, 3.63) is 0 Å². The van der Waals surface area contributed by atoms with Gasteiger partial charge >= 0.3 is 0 Å². The minimum Gasteiger partial charge on any atom is -0.550 e. The van der Waals surface area contributed by atoms with E-state index in [-0.39, 0.29) is 12.0 Å². The summed E-state index contributed by atoms with van der Waals surface area (Å²) in [6.45, 7) is 3.48. The molecule has 0 rings (SSSR count). The van der Waals surface area contributed by atoms with Crippen LogP contribution in [0.25, 0.3) is 0 Å². The molecule has 3 heteroatoms. The summed E-state index contributed by atoms with van der Waals surface area (Å²) in [6.07, 6.45) is 5.42. The summed E-state index contributed by atoms with van der Waals surface area (Å²) in [5, 5.41) is 19.3. The summed E-state index contributed by atoms with van der Waals surface area (Å²) in [7, 11) is 0. The molecule has 0 heterocycles. The molecule has 0 aromatic heterocycles. The van der Waals surface area contributed by atoms with Crippen LogP contribution in [0.15, 0.2) is 0 Å². The van der Waals surface area contributed by atoms with E-state index in [4.69, 9.17) is 5.11 Å². The number of carbonyl (C=O) groups is 1. The molecule has 0 aliphatic carbocycles. The number of carboxylic acids is 1. The van der Waals surface area contributed by atoms with Crippen LogP contribution in [0.3, 0.4) is 0 Å². The Morgan fingerprint density at radius 1 is 1.14 bits per heavy atom. The third kappa shape index (κ3) is 8.05. The average molecular weight is 201 g/mol. The fraction of sp³-hybridized carbons (Fsp3) is 0.909. The average Bonchev–Trinajstić information content (AvgIpc) is 2.09. The highest BCUT2D eigenvalue weighted by molar-refractivity contribution is 5.66. The zero-order valence-electron chi connectivity index (χ0n) is 9.16. The van der Waals surface area contributed by atoms with Crippen molar-refractivity contribution < 1.29 is 15.0 Å². The molecule has 0 amide bonds. The molecule has 2 unspecified atom stereocenters. The predicted molar refractivity (Wildman–Crippen MR) is 53.6 cm³/mol. The van der Waals surface area contributed by atoms with Crippen LogP contribution < -0.4 is 5.11 Å². The summed E-state index contributed by atoms with van der Waals surface area (Å²) < 4.78 is 0. The maximum Gasteiger partial charge on any atom is 0.0512 e. The molecular formula is C11H21O3-. The van der Waals surface area contributed by atoms with E-state index in [0.717, 1.165) is 32.1 Å². The van der Waals surface area contributed by atoms with Crippen LogP contribution in [0.5, 0.6) is 0 Å². The van der Waals surface area contributed by atoms with Crippen molar-refractivity contribution in [3.8, 4) is 0 Å². The zero-order valence-corrected chi connectivity index (χ0v) is 9.16. The maximum atomic E-state index is 10.4. The molecule has 0 aromatic rings. The van der Waals surface area contributed by atoms with Gasteiger partial charge in [0, 0.05) is 5.97 Å². The number of rotatable bonds is 8. The predicted octanol–water partition coefficient (Wildman–Crippen LogP) is 1.09. The van der Waals surface area contributed by atoms with Crippen LogP contribution in [0.4, 0.5) is 0 Å². The van der Waals surface area contributed by atoms with Crippen LogP contribution >= 0.6 is 0 Å². The SMILES string of the molecule is CC(O)CCCCCCC(C)C(=O)[O-]. The summed E-state index contributed by atoms with van der Waals surface area (Å²) in [4.78, 5) is 10.4. The van der Waals surface area contributed by atoms with Gasteiger partial charge in [-0.2, -0.15) is 0 Å². The Morgan fingerprint density at radius 2 is 1.64 bits per heavy atom. The first-order valence-corrected chi connectivity index (χ1v) is 5.43. The molecule has 0 spiro atoms. The summed E-state index contributed by atoms with van der Waals surface area (Å²) >= 11 is 0. The number of hydrogen-bond donors (Lipinski definition) is 1. The Hall–Kier alpha value is -0.570. The molecule has 0 saturated carbocycles. The Bertz CT molecular complexity index is 155. The topological polar surface area (TPSA) is 60.4 Å².